The topological polar surface area (TPSA) is 38.7 Å². The standard InChI is InChI=1S/C19H29BrO3/c1-19(2,14-21)11-6-9-17(15-7-5-8-16(20)13-15)23-18-10-3-4-12-22-18/h5,7-8,13,17-18,21H,3-4,6,9-12,14H2,1-2H3. The molecule has 2 unspecified atom stereocenters. The third-order valence-corrected chi connectivity index (χ3v) is 4.92. The number of halogens is 1. The zero-order valence-electron chi connectivity index (χ0n) is 14.3. The van der Waals surface area contributed by atoms with Crippen LogP contribution < -0.4 is 0 Å². The molecule has 1 aromatic carbocycles. The van der Waals surface area contributed by atoms with Gasteiger partial charge in [0.15, 0.2) is 6.29 Å². The fourth-order valence-corrected chi connectivity index (χ4v) is 3.28. The van der Waals surface area contributed by atoms with E-state index in [4.69, 9.17) is 9.47 Å². The molecule has 1 aliphatic heterocycles. The molecule has 1 heterocycles. The molecule has 0 bridgehead atoms. The van der Waals surface area contributed by atoms with Gasteiger partial charge in [-0.05, 0) is 61.6 Å². The second-order valence-corrected chi connectivity index (χ2v) is 8.11. The number of aliphatic hydroxyl groups is 1. The van der Waals surface area contributed by atoms with Gasteiger partial charge in [-0.1, -0.05) is 41.9 Å². The Labute approximate surface area is 148 Å². The van der Waals surface area contributed by atoms with Crippen molar-refractivity contribution in [3.63, 3.8) is 0 Å². The Morgan fingerprint density at radius 3 is 2.87 bits per heavy atom. The third-order valence-electron chi connectivity index (χ3n) is 4.42. The van der Waals surface area contributed by atoms with Crippen molar-refractivity contribution in [2.75, 3.05) is 13.2 Å². The molecule has 1 fully saturated rings. The molecule has 23 heavy (non-hydrogen) atoms. The number of hydrogen-bond acceptors (Lipinski definition) is 3. The largest absolute Gasteiger partial charge is 0.396 e. The average molecular weight is 385 g/mol. The van der Waals surface area contributed by atoms with E-state index in [2.05, 4.69) is 48.0 Å². The van der Waals surface area contributed by atoms with Crippen LogP contribution in [0.4, 0.5) is 0 Å². The summed E-state index contributed by atoms with van der Waals surface area (Å²) in [7, 11) is 0. The van der Waals surface area contributed by atoms with Crippen LogP contribution in [0.1, 0.15) is 64.0 Å². The predicted molar refractivity (Wildman–Crippen MR) is 96.3 cm³/mol. The highest BCUT2D eigenvalue weighted by Gasteiger charge is 2.23. The summed E-state index contributed by atoms with van der Waals surface area (Å²) in [6, 6.07) is 8.34. The lowest BCUT2D eigenvalue weighted by atomic mass is 9.87. The summed E-state index contributed by atoms with van der Waals surface area (Å²) in [4.78, 5) is 0. The van der Waals surface area contributed by atoms with Gasteiger partial charge in [0.1, 0.15) is 0 Å². The first-order valence-electron chi connectivity index (χ1n) is 8.63. The predicted octanol–water partition coefficient (Wildman–Crippen LogP) is 5.22. The van der Waals surface area contributed by atoms with Crippen molar-refractivity contribution in [2.24, 2.45) is 5.41 Å². The Balaban J connectivity index is 1.98. The lowest BCUT2D eigenvalue weighted by molar-refractivity contribution is -0.191. The minimum Gasteiger partial charge on any atom is -0.396 e. The Hall–Kier alpha value is -0.420. The molecular weight excluding hydrogens is 356 g/mol. The van der Waals surface area contributed by atoms with Crippen molar-refractivity contribution < 1.29 is 14.6 Å². The molecule has 1 aliphatic rings. The minimum atomic E-state index is -0.0846. The van der Waals surface area contributed by atoms with Crippen LogP contribution in [0.25, 0.3) is 0 Å². The van der Waals surface area contributed by atoms with Crippen molar-refractivity contribution in [2.45, 2.75) is 64.8 Å². The Bertz CT molecular complexity index is 469. The Morgan fingerprint density at radius 2 is 2.22 bits per heavy atom. The summed E-state index contributed by atoms with van der Waals surface area (Å²) in [6.45, 7) is 5.23. The van der Waals surface area contributed by atoms with E-state index in [0.29, 0.717) is 0 Å². The van der Waals surface area contributed by atoms with E-state index >= 15 is 0 Å². The highest BCUT2D eigenvalue weighted by atomic mass is 79.9. The molecule has 0 aliphatic carbocycles. The van der Waals surface area contributed by atoms with Crippen molar-refractivity contribution >= 4 is 15.9 Å². The average Bonchev–Trinajstić information content (AvgIpc) is 2.55. The molecule has 1 aromatic rings. The highest BCUT2D eigenvalue weighted by Crippen LogP contribution is 2.32. The first kappa shape index (κ1) is 18.9. The normalized spacial score (nSPS) is 20.4. The first-order valence-corrected chi connectivity index (χ1v) is 9.43. The molecule has 2 rings (SSSR count). The summed E-state index contributed by atoms with van der Waals surface area (Å²) in [6.07, 6.45) is 6.20. The Morgan fingerprint density at radius 1 is 1.39 bits per heavy atom. The van der Waals surface area contributed by atoms with E-state index in [1.54, 1.807) is 0 Å². The zero-order valence-corrected chi connectivity index (χ0v) is 15.8. The van der Waals surface area contributed by atoms with Crippen LogP contribution in [0.2, 0.25) is 0 Å². The molecule has 1 saturated heterocycles. The van der Waals surface area contributed by atoms with Gasteiger partial charge in [0.25, 0.3) is 0 Å². The van der Waals surface area contributed by atoms with E-state index in [0.717, 1.165) is 43.2 Å². The molecule has 130 valence electrons. The molecule has 0 saturated carbocycles. The second kappa shape index (κ2) is 9.16. The van der Waals surface area contributed by atoms with Crippen LogP contribution in [-0.4, -0.2) is 24.6 Å². The number of benzene rings is 1. The maximum atomic E-state index is 9.42. The lowest BCUT2D eigenvalue weighted by Crippen LogP contribution is -2.25. The van der Waals surface area contributed by atoms with Crippen molar-refractivity contribution in [3.05, 3.63) is 34.3 Å². The van der Waals surface area contributed by atoms with Crippen molar-refractivity contribution in [3.8, 4) is 0 Å². The highest BCUT2D eigenvalue weighted by molar-refractivity contribution is 9.10. The number of rotatable bonds is 8. The van der Waals surface area contributed by atoms with Gasteiger partial charge in [-0.2, -0.15) is 0 Å². The summed E-state index contributed by atoms with van der Waals surface area (Å²) in [5.74, 6) is 0. The molecule has 0 aromatic heterocycles. The fourth-order valence-electron chi connectivity index (χ4n) is 2.87. The molecule has 4 heteroatoms. The van der Waals surface area contributed by atoms with Gasteiger partial charge in [0.05, 0.1) is 6.10 Å². The first-order chi connectivity index (χ1) is 11.0. The quantitative estimate of drug-likeness (QED) is 0.667. The maximum Gasteiger partial charge on any atom is 0.158 e. The van der Waals surface area contributed by atoms with Crippen LogP contribution >= 0.6 is 15.9 Å². The van der Waals surface area contributed by atoms with Crippen molar-refractivity contribution in [1.82, 2.24) is 0 Å². The van der Waals surface area contributed by atoms with E-state index < -0.39 is 0 Å². The van der Waals surface area contributed by atoms with Gasteiger partial charge < -0.3 is 14.6 Å². The van der Waals surface area contributed by atoms with Crippen LogP contribution in [0.15, 0.2) is 28.7 Å². The van der Waals surface area contributed by atoms with Gasteiger partial charge in [-0.3, -0.25) is 0 Å². The van der Waals surface area contributed by atoms with E-state index in [1.165, 1.54) is 12.0 Å². The Kier molecular flexibility index (Phi) is 7.54. The smallest absolute Gasteiger partial charge is 0.158 e. The zero-order chi connectivity index (χ0) is 16.7. The van der Waals surface area contributed by atoms with Gasteiger partial charge in [-0.25, -0.2) is 0 Å². The maximum absolute atomic E-state index is 9.42. The van der Waals surface area contributed by atoms with Crippen LogP contribution in [0, 0.1) is 5.41 Å². The summed E-state index contributed by atoms with van der Waals surface area (Å²) < 4.78 is 13.1. The molecule has 0 radical (unpaired) electrons. The summed E-state index contributed by atoms with van der Waals surface area (Å²) in [5.41, 5.74) is 1.17. The van der Waals surface area contributed by atoms with Gasteiger partial charge in [0.2, 0.25) is 0 Å². The molecule has 1 N–H and O–H groups in total. The summed E-state index contributed by atoms with van der Waals surface area (Å²) >= 11 is 3.55. The van der Waals surface area contributed by atoms with Gasteiger partial charge in [-0.15, -0.1) is 0 Å². The van der Waals surface area contributed by atoms with Gasteiger partial charge >= 0.3 is 0 Å². The third kappa shape index (κ3) is 6.54. The fraction of sp³-hybridized carbons (Fsp3) is 0.684. The monoisotopic (exact) mass is 384 g/mol. The molecule has 2 atom stereocenters. The number of aliphatic hydroxyl groups excluding tert-OH is 1. The molecular formula is C19H29BrO3. The number of hydrogen-bond donors (Lipinski definition) is 1. The molecule has 3 nitrogen and oxygen atoms in total. The molecule has 0 spiro atoms. The van der Waals surface area contributed by atoms with Gasteiger partial charge in [0, 0.05) is 17.7 Å². The van der Waals surface area contributed by atoms with Crippen LogP contribution in [-0.2, 0) is 9.47 Å². The van der Waals surface area contributed by atoms with Crippen LogP contribution in [0.5, 0.6) is 0 Å². The van der Waals surface area contributed by atoms with E-state index in [1.807, 2.05) is 6.07 Å². The lowest BCUT2D eigenvalue weighted by Gasteiger charge is -2.29. The SMILES string of the molecule is CC(C)(CO)CCCC(OC1CCCCO1)c1cccc(Br)c1. The second-order valence-electron chi connectivity index (χ2n) is 7.19. The van der Waals surface area contributed by atoms with Crippen molar-refractivity contribution in [1.29, 1.82) is 0 Å². The van der Waals surface area contributed by atoms with Crippen LogP contribution in [0.3, 0.4) is 0 Å². The minimum absolute atomic E-state index is 0.0246. The summed E-state index contributed by atoms with van der Waals surface area (Å²) in [5, 5.41) is 9.42. The number of ether oxygens (including phenoxy) is 2. The van der Waals surface area contributed by atoms with E-state index in [-0.39, 0.29) is 24.4 Å². The molecule has 0 amide bonds. The van der Waals surface area contributed by atoms with E-state index in [9.17, 15) is 5.11 Å².